The second kappa shape index (κ2) is 4.91. The fourth-order valence-corrected chi connectivity index (χ4v) is 0.622. The van der Waals surface area contributed by atoms with Gasteiger partial charge in [0.2, 0.25) is 0 Å². The number of allylic oxidation sites excluding steroid dienone is 1. The molecular weight excluding hydrogens is 160 g/mol. The van der Waals surface area contributed by atoms with Gasteiger partial charge in [-0.25, -0.2) is 0 Å². The van der Waals surface area contributed by atoms with E-state index in [9.17, 15) is 0 Å². The summed E-state index contributed by atoms with van der Waals surface area (Å²) in [4.78, 5) is 0.597. The van der Waals surface area contributed by atoms with E-state index in [-0.39, 0.29) is 0 Å². The Labute approximate surface area is 72.6 Å². The van der Waals surface area contributed by atoms with Crippen LogP contribution in [0.4, 0.5) is 0 Å². The number of thiol groups is 1. The Bertz CT molecular complexity index is 194. The summed E-state index contributed by atoms with van der Waals surface area (Å²) in [6.45, 7) is 7.18. The monoisotopic (exact) mass is 172 g/mol. The average Bonchev–Trinajstić information content (AvgIpc) is 1.98. The summed E-state index contributed by atoms with van der Waals surface area (Å²) >= 11 is 3.98. The molecule has 0 atom stereocenters. The molecule has 0 fully saturated rings. The summed E-state index contributed by atoms with van der Waals surface area (Å²) in [5.41, 5.74) is 0. The van der Waals surface area contributed by atoms with Crippen molar-refractivity contribution in [2.24, 2.45) is 0 Å². The molecule has 0 unspecified atom stereocenters. The highest BCUT2D eigenvalue weighted by atomic mass is 32.1. The summed E-state index contributed by atoms with van der Waals surface area (Å²) in [6, 6.07) is 0. The van der Waals surface area contributed by atoms with Crippen LogP contribution in [-0.4, -0.2) is 14.2 Å². The van der Waals surface area contributed by atoms with Crippen molar-refractivity contribution in [3.63, 3.8) is 0 Å². The van der Waals surface area contributed by atoms with Crippen molar-refractivity contribution < 1.29 is 9.47 Å². The Morgan fingerprint density at radius 2 is 1.82 bits per heavy atom. The third-order valence-corrected chi connectivity index (χ3v) is 1.17. The molecule has 0 aromatic rings. The Morgan fingerprint density at radius 1 is 1.27 bits per heavy atom. The van der Waals surface area contributed by atoms with Crippen molar-refractivity contribution in [3.05, 3.63) is 35.7 Å². The van der Waals surface area contributed by atoms with E-state index in [1.807, 2.05) is 0 Å². The Morgan fingerprint density at radius 3 is 2.09 bits per heavy atom. The molecule has 0 aliphatic heterocycles. The second-order valence-corrected chi connectivity index (χ2v) is 2.41. The van der Waals surface area contributed by atoms with Gasteiger partial charge in [-0.2, -0.15) is 0 Å². The van der Waals surface area contributed by atoms with Crippen molar-refractivity contribution in [2.45, 2.75) is 0 Å². The first-order chi connectivity index (χ1) is 5.11. The normalized spacial score (nSPS) is 10.6. The highest BCUT2D eigenvalue weighted by Crippen LogP contribution is 2.12. The molecule has 0 heterocycles. The van der Waals surface area contributed by atoms with Crippen molar-refractivity contribution in [2.75, 3.05) is 14.2 Å². The molecule has 62 valence electrons. The summed E-state index contributed by atoms with van der Waals surface area (Å²) in [7, 11) is 3.06. The van der Waals surface area contributed by atoms with Gasteiger partial charge in [-0.05, 0) is 6.08 Å². The molecule has 0 bridgehead atoms. The molecule has 0 saturated heterocycles. The quantitative estimate of drug-likeness (QED) is 0.398. The standard InChI is InChI=1S/C8H12O2S/c1-6(11)5-8(10-4)7(2)9-3/h5,11H,1-2H2,3-4H3/b8-5+. The number of rotatable bonds is 4. The summed E-state index contributed by atoms with van der Waals surface area (Å²) in [5, 5.41) is 0. The van der Waals surface area contributed by atoms with Crippen molar-refractivity contribution in [1.29, 1.82) is 0 Å². The number of methoxy groups -OCH3 is 2. The minimum absolute atomic E-state index is 0.461. The van der Waals surface area contributed by atoms with Crippen LogP contribution in [0, 0.1) is 0 Å². The van der Waals surface area contributed by atoms with E-state index in [1.165, 1.54) is 14.2 Å². The van der Waals surface area contributed by atoms with Gasteiger partial charge in [-0.1, -0.05) is 13.2 Å². The lowest BCUT2D eigenvalue weighted by Gasteiger charge is -2.07. The van der Waals surface area contributed by atoms with Gasteiger partial charge in [0.25, 0.3) is 0 Å². The van der Waals surface area contributed by atoms with Crippen LogP contribution in [0.2, 0.25) is 0 Å². The van der Waals surface area contributed by atoms with E-state index in [0.717, 1.165) is 0 Å². The smallest absolute Gasteiger partial charge is 0.161 e. The maximum absolute atomic E-state index is 4.94. The number of hydrogen-bond donors (Lipinski definition) is 1. The lowest BCUT2D eigenvalue weighted by Crippen LogP contribution is -1.93. The van der Waals surface area contributed by atoms with E-state index in [1.54, 1.807) is 6.08 Å². The van der Waals surface area contributed by atoms with Gasteiger partial charge in [0.05, 0.1) is 14.2 Å². The molecule has 0 N–H and O–H groups in total. The summed E-state index contributed by atoms with van der Waals surface area (Å²) < 4.78 is 9.78. The first-order valence-corrected chi connectivity index (χ1v) is 3.43. The molecule has 2 nitrogen and oxygen atoms in total. The molecule has 0 rings (SSSR count). The third-order valence-electron chi connectivity index (χ3n) is 1.04. The van der Waals surface area contributed by atoms with Crippen molar-refractivity contribution >= 4 is 12.6 Å². The predicted molar refractivity (Wildman–Crippen MR) is 49.4 cm³/mol. The fourth-order valence-electron chi connectivity index (χ4n) is 0.505. The van der Waals surface area contributed by atoms with Crippen LogP contribution in [0.25, 0.3) is 0 Å². The topological polar surface area (TPSA) is 18.5 Å². The largest absolute Gasteiger partial charge is 0.493 e. The van der Waals surface area contributed by atoms with E-state index in [4.69, 9.17) is 9.47 Å². The highest BCUT2D eigenvalue weighted by Gasteiger charge is 2.00. The van der Waals surface area contributed by atoms with Crippen LogP contribution < -0.4 is 0 Å². The molecule has 0 spiro atoms. The highest BCUT2D eigenvalue weighted by molar-refractivity contribution is 7.84. The molecule has 0 amide bonds. The molecule has 0 aromatic carbocycles. The Balaban J connectivity index is 4.39. The van der Waals surface area contributed by atoms with E-state index >= 15 is 0 Å². The Hall–Kier alpha value is -0.830. The van der Waals surface area contributed by atoms with Crippen LogP contribution in [0.5, 0.6) is 0 Å². The summed E-state index contributed by atoms with van der Waals surface area (Å²) in [6.07, 6.45) is 1.63. The minimum atomic E-state index is 0.461. The van der Waals surface area contributed by atoms with Gasteiger partial charge < -0.3 is 9.47 Å². The second-order valence-electron chi connectivity index (χ2n) is 1.83. The number of ether oxygens (including phenoxy) is 2. The lowest BCUT2D eigenvalue weighted by molar-refractivity contribution is 0.221. The lowest BCUT2D eigenvalue weighted by atomic mass is 10.4. The van der Waals surface area contributed by atoms with Gasteiger partial charge in [0.1, 0.15) is 0 Å². The molecule has 3 heteroatoms. The minimum Gasteiger partial charge on any atom is -0.493 e. The zero-order valence-electron chi connectivity index (χ0n) is 6.76. The third kappa shape index (κ3) is 3.78. The van der Waals surface area contributed by atoms with E-state index < -0.39 is 0 Å². The maximum Gasteiger partial charge on any atom is 0.161 e. The van der Waals surface area contributed by atoms with Crippen molar-refractivity contribution in [3.8, 4) is 0 Å². The molecular formula is C8H12O2S. The van der Waals surface area contributed by atoms with Gasteiger partial charge in [0, 0.05) is 4.91 Å². The van der Waals surface area contributed by atoms with Gasteiger partial charge >= 0.3 is 0 Å². The van der Waals surface area contributed by atoms with Crippen LogP contribution in [0.1, 0.15) is 0 Å². The van der Waals surface area contributed by atoms with E-state index in [2.05, 4.69) is 25.8 Å². The van der Waals surface area contributed by atoms with Crippen LogP contribution in [-0.2, 0) is 9.47 Å². The van der Waals surface area contributed by atoms with Gasteiger partial charge in [0.15, 0.2) is 11.5 Å². The molecule has 0 saturated carbocycles. The van der Waals surface area contributed by atoms with Crippen LogP contribution in [0.3, 0.4) is 0 Å². The molecule has 0 aliphatic carbocycles. The molecule has 0 aliphatic rings. The van der Waals surface area contributed by atoms with Crippen LogP contribution in [0.15, 0.2) is 35.7 Å². The number of hydrogen-bond acceptors (Lipinski definition) is 3. The maximum atomic E-state index is 4.94. The van der Waals surface area contributed by atoms with Crippen molar-refractivity contribution in [1.82, 2.24) is 0 Å². The molecule has 0 aromatic heterocycles. The fraction of sp³-hybridized carbons (Fsp3) is 0.250. The predicted octanol–water partition coefficient (Wildman–Crippen LogP) is 2.12. The van der Waals surface area contributed by atoms with E-state index in [0.29, 0.717) is 16.4 Å². The molecule has 11 heavy (non-hydrogen) atoms. The average molecular weight is 172 g/mol. The SMILES string of the molecule is C=C(S)/C=C(/OC)C(=C)OC. The van der Waals surface area contributed by atoms with Crippen LogP contribution >= 0.6 is 12.6 Å². The van der Waals surface area contributed by atoms with Gasteiger partial charge in [-0.15, -0.1) is 12.6 Å². The Kier molecular flexibility index (Phi) is 4.54. The zero-order valence-corrected chi connectivity index (χ0v) is 7.65. The summed E-state index contributed by atoms with van der Waals surface area (Å²) in [5.74, 6) is 0.996. The molecule has 0 radical (unpaired) electrons. The first-order valence-electron chi connectivity index (χ1n) is 2.98. The first kappa shape index (κ1) is 10.2. The zero-order chi connectivity index (χ0) is 8.85. The van der Waals surface area contributed by atoms with Gasteiger partial charge in [-0.3, -0.25) is 0 Å².